The second-order valence-corrected chi connectivity index (χ2v) is 8.43. The van der Waals surface area contributed by atoms with Crippen molar-refractivity contribution in [3.63, 3.8) is 0 Å². The molecule has 3 unspecified atom stereocenters. The van der Waals surface area contributed by atoms with Crippen molar-refractivity contribution >= 4 is 15.9 Å². The summed E-state index contributed by atoms with van der Waals surface area (Å²) in [5, 5.41) is 8.87. The predicted octanol–water partition coefficient (Wildman–Crippen LogP) is 2.49. The van der Waals surface area contributed by atoms with Gasteiger partial charge < -0.3 is 4.74 Å². The monoisotopic (exact) mass is 364 g/mol. The first-order chi connectivity index (χ1) is 11.8. The topological polar surface area (TPSA) is 96.3 Å². The summed E-state index contributed by atoms with van der Waals surface area (Å²) in [7, 11) is -3.84. The van der Waals surface area contributed by atoms with Crippen molar-refractivity contribution in [2.24, 2.45) is 5.92 Å². The van der Waals surface area contributed by atoms with Crippen molar-refractivity contribution in [1.29, 1.82) is 5.26 Å². The first-order valence-electron chi connectivity index (χ1n) is 8.48. The average molecular weight is 364 g/mol. The third-order valence-corrected chi connectivity index (χ3v) is 5.55. The van der Waals surface area contributed by atoms with Gasteiger partial charge in [0.1, 0.15) is 6.10 Å². The molecule has 0 heterocycles. The van der Waals surface area contributed by atoms with Gasteiger partial charge in [0, 0.05) is 0 Å². The lowest BCUT2D eigenvalue weighted by Crippen LogP contribution is -2.41. The van der Waals surface area contributed by atoms with Gasteiger partial charge in [-0.2, -0.15) is 5.26 Å². The first kappa shape index (κ1) is 19.4. The Morgan fingerprint density at radius 3 is 2.88 bits per heavy atom. The molecular weight excluding hydrogens is 340 g/mol. The molecule has 0 saturated heterocycles. The zero-order valence-electron chi connectivity index (χ0n) is 14.6. The van der Waals surface area contributed by atoms with E-state index in [1.807, 2.05) is 6.07 Å². The van der Waals surface area contributed by atoms with Crippen molar-refractivity contribution in [2.45, 2.75) is 57.5 Å². The number of carbonyl (C=O) groups is 1. The van der Waals surface area contributed by atoms with E-state index in [-0.39, 0.29) is 11.9 Å². The molecule has 25 heavy (non-hydrogen) atoms. The SMILES string of the molecule is CC1CCCC(OC(C)C(=O)NS(=O)(=O)Cc2cccc(C#N)c2)C1. The lowest BCUT2D eigenvalue weighted by molar-refractivity contribution is -0.135. The molecule has 0 radical (unpaired) electrons. The highest BCUT2D eigenvalue weighted by atomic mass is 32.2. The van der Waals surface area contributed by atoms with Crippen molar-refractivity contribution in [3.05, 3.63) is 35.4 Å². The van der Waals surface area contributed by atoms with Gasteiger partial charge in [-0.3, -0.25) is 9.52 Å². The molecule has 1 N–H and O–H groups in total. The van der Waals surface area contributed by atoms with Gasteiger partial charge in [-0.1, -0.05) is 31.9 Å². The lowest BCUT2D eigenvalue weighted by atomic mass is 9.88. The Morgan fingerprint density at radius 2 is 2.20 bits per heavy atom. The Balaban J connectivity index is 1.92. The number of benzene rings is 1. The van der Waals surface area contributed by atoms with Crippen LogP contribution in [-0.4, -0.2) is 26.5 Å². The Kier molecular flexibility index (Phi) is 6.57. The van der Waals surface area contributed by atoms with Crippen molar-refractivity contribution in [2.75, 3.05) is 0 Å². The molecule has 136 valence electrons. The summed E-state index contributed by atoms with van der Waals surface area (Å²) < 4.78 is 32.2. The van der Waals surface area contributed by atoms with Gasteiger partial charge in [0.15, 0.2) is 0 Å². The second kappa shape index (κ2) is 8.45. The second-order valence-electron chi connectivity index (χ2n) is 6.71. The molecule has 0 bridgehead atoms. The van der Waals surface area contributed by atoms with Gasteiger partial charge in [-0.25, -0.2) is 8.42 Å². The number of rotatable bonds is 6. The molecule has 0 aliphatic heterocycles. The highest BCUT2D eigenvalue weighted by Gasteiger charge is 2.26. The molecule has 3 atom stereocenters. The number of amides is 1. The summed E-state index contributed by atoms with van der Waals surface area (Å²) in [6, 6.07) is 8.26. The fourth-order valence-corrected chi connectivity index (χ4v) is 4.24. The smallest absolute Gasteiger partial charge is 0.262 e. The van der Waals surface area contributed by atoms with Crippen molar-refractivity contribution < 1.29 is 17.9 Å². The molecule has 0 spiro atoms. The van der Waals surface area contributed by atoms with Crippen LogP contribution in [0.1, 0.15) is 50.7 Å². The van der Waals surface area contributed by atoms with Gasteiger partial charge in [0.05, 0.1) is 23.5 Å². The van der Waals surface area contributed by atoms with E-state index in [1.165, 1.54) is 6.07 Å². The molecule has 1 aromatic carbocycles. The summed E-state index contributed by atoms with van der Waals surface area (Å²) in [5.74, 6) is -0.457. The standard InChI is InChI=1S/C18H24N2O4S/c1-13-5-3-8-17(9-13)24-14(2)18(21)20-25(22,23)12-16-7-4-6-15(10-16)11-19/h4,6-7,10,13-14,17H,3,5,8-9,12H2,1-2H3,(H,20,21). The van der Waals surface area contributed by atoms with Crippen LogP contribution in [0.4, 0.5) is 0 Å². The molecule has 1 saturated carbocycles. The molecule has 1 aromatic rings. The maximum absolute atomic E-state index is 12.2. The van der Waals surface area contributed by atoms with Crippen molar-refractivity contribution in [3.8, 4) is 6.07 Å². The van der Waals surface area contributed by atoms with Crippen LogP contribution >= 0.6 is 0 Å². The number of hydrogen-bond acceptors (Lipinski definition) is 5. The molecule has 1 aliphatic rings. The minimum atomic E-state index is -3.84. The number of nitriles is 1. The largest absolute Gasteiger partial charge is 0.365 e. The molecule has 2 rings (SSSR count). The van der Waals surface area contributed by atoms with E-state index < -0.39 is 22.0 Å². The number of hydrogen-bond donors (Lipinski definition) is 1. The quantitative estimate of drug-likeness (QED) is 0.836. The molecule has 0 aromatic heterocycles. The fraction of sp³-hybridized carbons (Fsp3) is 0.556. The van der Waals surface area contributed by atoms with E-state index >= 15 is 0 Å². The van der Waals surface area contributed by atoms with E-state index in [9.17, 15) is 13.2 Å². The Morgan fingerprint density at radius 1 is 1.44 bits per heavy atom. The predicted molar refractivity (Wildman–Crippen MR) is 93.9 cm³/mol. The number of carbonyl (C=O) groups excluding carboxylic acids is 1. The van der Waals surface area contributed by atoms with Crippen LogP contribution in [0.25, 0.3) is 0 Å². The van der Waals surface area contributed by atoms with E-state index in [0.717, 1.165) is 25.7 Å². The normalized spacial score (nSPS) is 22.0. The first-order valence-corrected chi connectivity index (χ1v) is 10.1. The number of nitrogens with zero attached hydrogens (tertiary/aromatic N) is 1. The lowest BCUT2D eigenvalue weighted by Gasteiger charge is -2.28. The number of sulfonamides is 1. The highest BCUT2D eigenvalue weighted by Crippen LogP contribution is 2.26. The van der Waals surface area contributed by atoms with Gasteiger partial charge in [0.2, 0.25) is 10.0 Å². The zero-order chi connectivity index (χ0) is 18.4. The molecular formula is C18H24N2O4S. The summed E-state index contributed by atoms with van der Waals surface area (Å²) in [4.78, 5) is 12.2. The van der Waals surface area contributed by atoms with Gasteiger partial charge in [0.25, 0.3) is 5.91 Å². The van der Waals surface area contributed by atoms with Gasteiger partial charge in [-0.15, -0.1) is 0 Å². The summed E-state index contributed by atoms with van der Waals surface area (Å²) in [5.41, 5.74) is 0.830. The van der Waals surface area contributed by atoms with Gasteiger partial charge >= 0.3 is 0 Å². The van der Waals surface area contributed by atoms with E-state index in [0.29, 0.717) is 17.0 Å². The van der Waals surface area contributed by atoms with Crippen LogP contribution in [0, 0.1) is 17.2 Å². The van der Waals surface area contributed by atoms with Crippen LogP contribution in [0.3, 0.4) is 0 Å². The van der Waals surface area contributed by atoms with E-state index in [2.05, 4.69) is 11.6 Å². The van der Waals surface area contributed by atoms with Crippen LogP contribution < -0.4 is 4.72 Å². The molecule has 1 amide bonds. The third kappa shape index (κ3) is 6.15. The molecule has 1 aliphatic carbocycles. The number of ether oxygens (including phenoxy) is 1. The molecule has 7 heteroatoms. The molecule has 1 fully saturated rings. The summed E-state index contributed by atoms with van der Waals surface area (Å²) in [6.07, 6.45) is 3.20. The summed E-state index contributed by atoms with van der Waals surface area (Å²) in [6.45, 7) is 3.72. The average Bonchev–Trinajstić information content (AvgIpc) is 2.54. The fourth-order valence-electron chi connectivity index (χ4n) is 3.07. The highest BCUT2D eigenvalue weighted by molar-refractivity contribution is 7.89. The van der Waals surface area contributed by atoms with Crippen LogP contribution in [0.15, 0.2) is 24.3 Å². The minimum absolute atomic E-state index is 0.000450. The van der Waals surface area contributed by atoms with E-state index in [4.69, 9.17) is 10.00 Å². The Labute approximate surface area is 149 Å². The Bertz CT molecular complexity index is 755. The van der Waals surface area contributed by atoms with Gasteiger partial charge in [-0.05, 0) is 43.4 Å². The third-order valence-electron chi connectivity index (χ3n) is 4.32. The van der Waals surface area contributed by atoms with Crippen LogP contribution in [0.5, 0.6) is 0 Å². The van der Waals surface area contributed by atoms with E-state index in [1.54, 1.807) is 25.1 Å². The molecule has 6 nitrogen and oxygen atoms in total. The van der Waals surface area contributed by atoms with Crippen LogP contribution in [0.2, 0.25) is 0 Å². The minimum Gasteiger partial charge on any atom is -0.365 e. The maximum Gasteiger partial charge on any atom is 0.262 e. The number of nitrogens with one attached hydrogen (secondary N) is 1. The van der Waals surface area contributed by atoms with Crippen molar-refractivity contribution in [1.82, 2.24) is 4.72 Å². The zero-order valence-corrected chi connectivity index (χ0v) is 15.4. The maximum atomic E-state index is 12.2. The summed E-state index contributed by atoms with van der Waals surface area (Å²) >= 11 is 0. The van der Waals surface area contributed by atoms with Crippen LogP contribution in [-0.2, 0) is 25.3 Å². The Hall–Kier alpha value is -1.91.